The van der Waals surface area contributed by atoms with E-state index in [4.69, 9.17) is 5.73 Å². The fourth-order valence-corrected chi connectivity index (χ4v) is 1.26. The number of nitrogen functional groups attached to an aromatic ring is 1. The van der Waals surface area contributed by atoms with Crippen LogP contribution >= 0.6 is 0 Å². The van der Waals surface area contributed by atoms with Crippen molar-refractivity contribution in [3.05, 3.63) is 18.3 Å². The van der Waals surface area contributed by atoms with Crippen LogP contribution < -0.4 is 11.2 Å². The Morgan fingerprint density at radius 2 is 2.31 bits per heavy atom. The highest BCUT2D eigenvalue weighted by Crippen LogP contribution is 2.25. The highest BCUT2D eigenvalue weighted by molar-refractivity contribution is 5.85. The van der Waals surface area contributed by atoms with Crippen LogP contribution in [-0.4, -0.2) is 22.0 Å². The molecular formula is C8H10N4O. The van der Waals surface area contributed by atoms with Crippen LogP contribution in [0.1, 0.15) is 0 Å². The monoisotopic (exact) mass is 178 g/mol. The average molecular weight is 178 g/mol. The van der Waals surface area contributed by atoms with Gasteiger partial charge in [0.2, 0.25) is 0 Å². The summed E-state index contributed by atoms with van der Waals surface area (Å²) >= 11 is 0. The van der Waals surface area contributed by atoms with Crippen molar-refractivity contribution in [3.8, 4) is 5.75 Å². The van der Waals surface area contributed by atoms with E-state index in [1.165, 1.54) is 0 Å². The molecule has 1 aromatic carbocycles. The lowest BCUT2D eigenvalue weighted by atomic mass is 10.2. The van der Waals surface area contributed by atoms with Crippen LogP contribution in [0.4, 0.5) is 5.69 Å². The topological polar surface area (TPSA) is 76.1 Å². The number of hydrogen-bond acceptors (Lipinski definition) is 4. The third-order valence-corrected chi connectivity index (χ3v) is 1.93. The molecule has 0 aliphatic carbocycles. The molecule has 0 saturated heterocycles. The third kappa shape index (κ3) is 1.05. The standard InChI is InChI=1S/C8H10N4O/c1-10-12-7-3-6(9)8(13)2-5(7)4-11-12/h2-4,10,13H,9H2,1H3. The van der Waals surface area contributed by atoms with Gasteiger partial charge >= 0.3 is 0 Å². The quantitative estimate of drug-likeness (QED) is 0.439. The Bertz CT molecular complexity index is 449. The van der Waals surface area contributed by atoms with Gasteiger partial charge in [0, 0.05) is 12.4 Å². The van der Waals surface area contributed by atoms with E-state index < -0.39 is 0 Å². The van der Waals surface area contributed by atoms with E-state index in [1.54, 1.807) is 30.2 Å². The molecule has 0 radical (unpaired) electrons. The summed E-state index contributed by atoms with van der Waals surface area (Å²) in [6.45, 7) is 0. The lowest BCUT2D eigenvalue weighted by Gasteiger charge is -2.02. The number of rotatable bonds is 1. The fourth-order valence-electron chi connectivity index (χ4n) is 1.26. The minimum absolute atomic E-state index is 0.0863. The largest absolute Gasteiger partial charge is 0.506 e. The predicted molar refractivity (Wildman–Crippen MR) is 51.1 cm³/mol. The molecule has 68 valence electrons. The molecule has 0 amide bonds. The van der Waals surface area contributed by atoms with Gasteiger partial charge in [-0.3, -0.25) is 0 Å². The highest BCUT2D eigenvalue weighted by Gasteiger charge is 2.04. The molecule has 0 saturated carbocycles. The van der Waals surface area contributed by atoms with E-state index in [-0.39, 0.29) is 5.75 Å². The average Bonchev–Trinajstić information content (AvgIpc) is 2.48. The number of nitrogens with two attached hydrogens (primary N) is 1. The zero-order chi connectivity index (χ0) is 9.42. The van der Waals surface area contributed by atoms with Gasteiger partial charge in [-0.25, -0.2) is 0 Å². The Morgan fingerprint density at radius 3 is 3.00 bits per heavy atom. The first-order valence-electron chi connectivity index (χ1n) is 3.86. The summed E-state index contributed by atoms with van der Waals surface area (Å²) in [7, 11) is 1.76. The van der Waals surface area contributed by atoms with Gasteiger partial charge in [0.05, 0.1) is 17.4 Å². The molecule has 0 aliphatic rings. The highest BCUT2D eigenvalue weighted by atomic mass is 16.3. The maximum absolute atomic E-state index is 9.32. The first-order valence-corrected chi connectivity index (χ1v) is 3.86. The summed E-state index contributed by atoms with van der Waals surface area (Å²) in [5.41, 5.74) is 9.61. The second kappa shape index (κ2) is 2.55. The molecule has 13 heavy (non-hydrogen) atoms. The van der Waals surface area contributed by atoms with E-state index in [0.717, 1.165) is 10.9 Å². The molecule has 0 unspecified atom stereocenters. The Balaban J connectivity index is 2.77. The SMILES string of the molecule is CNn1ncc2cc(O)c(N)cc21. The van der Waals surface area contributed by atoms with Gasteiger partial charge in [-0.15, -0.1) is 0 Å². The normalized spacial score (nSPS) is 10.5. The maximum atomic E-state index is 9.32. The molecule has 1 aromatic heterocycles. The summed E-state index contributed by atoms with van der Waals surface area (Å²) in [4.78, 5) is 1.59. The summed E-state index contributed by atoms with van der Waals surface area (Å²) in [5.74, 6) is 0.0863. The van der Waals surface area contributed by atoms with Gasteiger partial charge in [-0.1, -0.05) is 0 Å². The van der Waals surface area contributed by atoms with Crippen LogP contribution in [0.15, 0.2) is 18.3 Å². The van der Waals surface area contributed by atoms with Crippen LogP contribution in [0, 0.1) is 0 Å². The maximum Gasteiger partial charge on any atom is 0.139 e. The number of nitrogens with zero attached hydrogens (tertiary/aromatic N) is 2. The lowest BCUT2D eigenvalue weighted by Crippen LogP contribution is -2.09. The molecule has 1 heterocycles. The second-order valence-corrected chi connectivity index (χ2v) is 2.75. The molecule has 0 fully saturated rings. The Labute approximate surface area is 74.7 Å². The number of fused-ring (bicyclic) bond motifs is 1. The molecule has 0 atom stereocenters. The van der Waals surface area contributed by atoms with E-state index in [1.807, 2.05) is 0 Å². The van der Waals surface area contributed by atoms with Crippen molar-refractivity contribution in [1.82, 2.24) is 9.89 Å². The minimum Gasteiger partial charge on any atom is -0.506 e. The van der Waals surface area contributed by atoms with Crippen molar-refractivity contribution in [3.63, 3.8) is 0 Å². The molecular weight excluding hydrogens is 168 g/mol. The molecule has 0 aliphatic heterocycles. The van der Waals surface area contributed by atoms with Crippen LogP contribution in [0.25, 0.3) is 10.9 Å². The molecule has 5 heteroatoms. The van der Waals surface area contributed by atoms with Crippen molar-refractivity contribution >= 4 is 16.6 Å². The predicted octanol–water partition coefficient (Wildman–Crippen LogP) is 0.497. The van der Waals surface area contributed by atoms with E-state index in [2.05, 4.69) is 10.5 Å². The zero-order valence-corrected chi connectivity index (χ0v) is 7.15. The zero-order valence-electron chi connectivity index (χ0n) is 7.15. The first-order chi connectivity index (χ1) is 6.22. The van der Waals surface area contributed by atoms with Gasteiger partial charge in [0.1, 0.15) is 5.75 Å². The first kappa shape index (κ1) is 7.72. The number of nitrogens with one attached hydrogen (secondary N) is 1. The number of phenols is 1. The van der Waals surface area contributed by atoms with Gasteiger partial charge < -0.3 is 16.3 Å². The van der Waals surface area contributed by atoms with E-state index in [9.17, 15) is 5.11 Å². The number of aromatic nitrogens is 2. The van der Waals surface area contributed by atoms with Gasteiger partial charge in [0.25, 0.3) is 0 Å². The number of hydrogen-bond donors (Lipinski definition) is 3. The van der Waals surface area contributed by atoms with Gasteiger partial charge in [-0.05, 0) is 12.1 Å². The van der Waals surface area contributed by atoms with Crippen LogP contribution in [0.3, 0.4) is 0 Å². The van der Waals surface area contributed by atoms with Crippen LogP contribution in [-0.2, 0) is 0 Å². The molecule has 0 spiro atoms. The minimum atomic E-state index is 0.0863. The van der Waals surface area contributed by atoms with Gasteiger partial charge in [0.15, 0.2) is 0 Å². The number of anilines is 1. The fraction of sp³-hybridized carbons (Fsp3) is 0.125. The summed E-state index contributed by atoms with van der Waals surface area (Å²) in [6, 6.07) is 3.26. The molecule has 0 bridgehead atoms. The van der Waals surface area contributed by atoms with Crippen molar-refractivity contribution in [2.75, 3.05) is 18.2 Å². The number of benzene rings is 1. The second-order valence-electron chi connectivity index (χ2n) is 2.75. The van der Waals surface area contributed by atoms with Crippen LogP contribution in [0.5, 0.6) is 5.75 Å². The van der Waals surface area contributed by atoms with Crippen molar-refractivity contribution in [2.45, 2.75) is 0 Å². The summed E-state index contributed by atoms with van der Waals surface area (Å²) in [5, 5.41) is 14.2. The smallest absolute Gasteiger partial charge is 0.139 e. The third-order valence-electron chi connectivity index (χ3n) is 1.93. The van der Waals surface area contributed by atoms with Gasteiger partial charge in [-0.2, -0.15) is 9.89 Å². The lowest BCUT2D eigenvalue weighted by molar-refractivity contribution is 0.479. The Hall–Kier alpha value is -1.91. The van der Waals surface area contributed by atoms with Crippen LogP contribution in [0.2, 0.25) is 0 Å². The van der Waals surface area contributed by atoms with Crippen molar-refractivity contribution in [1.29, 1.82) is 0 Å². The summed E-state index contributed by atoms with van der Waals surface area (Å²) in [6.07, 6.45) is 1.66. The number of phenolic OH excluding ortho intramolecular Hbond substituents is 1. The molecule has 2 aromatic rings. The summed E-state index contributed by atoms with van der Waals surface area (Å²) < 4.78 is 0. The number of aromatic hydroxyl groups is 1. The van der Waals surface area contributed by atoms with E-state index in [0.29, 0.717) is 5.69 Å². The Kier molecular flexibility index (Phi) is 1.51. The van der Waals surface area contributed by atoms with E-state index >= 15 is 0 Å². The van der Waals surface area contributed by atoms with Crippen molar-refractivity contribution < 1.29 is 5.11 Å². The molecule has 5 nitrogen and oxygen atoms in total. The Morgan fingerprint density at radius 1 is 1.54 bits per heavy atom. The molecule has 2 rings (SSSR count). The van der Waals surface area contributed by atoms with Crippen molar-refractivity contribution in [2.24, 2.45) is 0 Å². The molecule has 4 N–H and O–H groups in total.